The molecule has 7 nitrogen and oxygen atoms in total. The van der Waals surface area contributed by atoms with Gasteiger partial charge in [0.2, 0.25) is 0 Å². The van der Waals surface area contributed by atoms with E-state index in [0.717, 1.165) is 18.2 Å². The van der Waals surface area contributed by atoms with Crippen molar-refractivity contribution in [3.63, 3.8) is 0 Å². The number of nitrogens with one attached hydrogen (secondary N) is 1. The summed E-state index contributed by atoms with van der Waals surface area (Å²) in [6.45, 7) is -1.89. The number of benzene rings is 1. The lowest BCUT2D eigenvalue weighted by Crippen LogP contribution is -2.41. The smallest absolute Gasteiger partial charge is 0.277 e. The third-order valence-corrected chi connectivity index (χ3v) is 2.30. The first-order chi connectivity index (χ1) is 8.76. The lowest BCUT2D eigenvalue weighted by molar-refractivity contribution is -0.384. The number of carbonyl (C=O) groups excluding carboxylic acids is 1. The summed E-state index contributed by atoms with van der Waals surface area (Å²) in [5.41, 5.74) is 9.64. The van der Waals surface area contributed by atoms with Crippen LogP contribution in [-0.4, -0.2) is 29.8 Å². The van der Waals surface area contributed by atoms with Crippen LogP contribution in [0.2, 0.25) is 0 Å². The first-order valence-electron chi connectivity index (χ1n) is 5.17. The van der Waals surface area contributed by atoms with Gasteiger partial charge in [-0.25, -0.2) is 8.78 Å². The van der Waals surface area contributed by atoms with Crippen molar-refractivity contribution in [2.45, 2.75) is 5.92 Å². The van der Waals surface area contributed by atoms with Gasteiger partial charge in [0.25, 0.3) is 17.5 Å². The average Bonchev–Trinajstić information content (AvgIpc) is 2.36. The molecule has 0 radical (unpaired) electrons. The SMILES string of the molecule is NCC(F)(F)CNC(=O)c1cc([N+](=O)[O-])ccc1N. The van der Waals surface area contributed by atoms with Gasteiger partial charge in [-0.2, -0.15) is 0 Å². The maximum atomic E-state index is 12.9. The molecule has 0 aromatic heterocycles. The zero-order valence-corrected chi connectivity index (χ0v) is 9.73. The van der Waals surface area contributed by atoms with Crippen molar-refractivity contribution in [2.75, 3.05) is 18.8 Å². The number of alkyl halides is 2. The van der Waals surface area contributed by atoms with Crippen molar-refractivity contribution >= 4 is 17.3 Å². The number of non-ortho nitro benzene ring substituents is 1. The highest BCUT2D eigenvalue weighted by atomic mass is 19.3. The van der Waals surface area contributed by atoms with Gasteiger partial charge < -0.3 is 16.8 Å². The predicted octanol–water partition coefficient (Wildman–Crippen LogP) is 0.501. The Morgan fingerprint density at radius 1 is 1.47 bits per heavy atom. The number of nitrogens with two attached hydrogens (primary N) is 2. The molecule has 0 saturated heterocycles. The molecule has 19 heavy (non-hydrogen) atoms. The maximum Gasteiger partial charge on any atom is 0.277 e. The van der Waals surface area contributed by atoms with Crippen molar-refractivity contribution in [1.82, 2.24) is 5.32 Å². The predicted molar refractivity (Wildman–Crippen MR) is 63.8 cm³/mol. The minimum Gasteiger partial charge on any atom is -0.398 e. The number of nitrogens with zero attached hydrogens (tertiary/aromatic N) is 1. The molecular formula is C10H12F2N4O3. The highest BCUT2D eigenvalue weighted by molar-refractivity contribution is 5.99. The van der Waals surface area contributed by atoms with Gasteiger partial charge >= 0.3 is 0 Å². The molecule has 0 atom stereocenters. The van der Waals surface area contributed by atoms with Gasteiger partial charge in [-0.05, 0) is 6.07 Å². The number of hydrogen-bond acceptors (Lipinski definition) is 5. The summed E-state index contributed by atoms with van der Waals surface area (Å²) >= 11 is 0. The molecule has 1 aromatic rings. The number of nitro benzene ring substituents is 1. The van der Waals surface area contributed by atoms with Crippen LogP contribution >= 0.6 is 0 Å². The molecule has 9 heteroatoms. The molecule has 1 amide bonds. The number of nitro groups is 1. The summed E-state index contributed by atoms with van der Waals surface area (Å²) < 4.78 is 25.7. The molecule has 0 unspecified atom stereocenters. The highest BCUT2D eigenvalue weighted by Crippen LogP contribution is 2.19. The number of amides is 1. The van der Waals surface area contributed by atoms with Gasteiger partial charge in [-0.1, -0.05) is 0 Å². The Morgan fingerprint density at radius 3 is 2.63 bits per heavy atom. The van der Waals surface area contributed by atoms with Gasteiger partial charge in [-0.15, -0.1) is 0 Å². The fourth-order valence-corrected chi connectivity index (χ4v) is 1.23. The Balaban J connectivity index is 2.88. The van der Waals surface area contributed by atoms with Crippen LogP contribution < -0.4 is 16.8 Å². The molecule has 0 saturated carbocycles. The van der Waals surface area contributed by atoms with E-state index in [1.165, 1.54) is 0 Å². The van der Waals surface area contributed by atoms with Crippen LogP contribution in [0.15, 0.2) is 18.2 Å². The lowest BCUT2D eigenvalue weighted by atomic mass is 10.1. The van der Waals surface area contributed by atoms with Gasteiger partial charge in [0, 0.05) is 17.8 Å². The number of halogens is 2. The van der Waals surface area contributed by atoms with Crippen molar-refractivity contribution in [3.8, 4) is 0 Å². The molecule has 0 heterocycles. The van der Waals surface area contributed by atoms with E-state index in [0.29, 0.717) is 0 Å². The molecule has 1 rings (SSSR count). The zero-order chi connectivity index (χ0) is 14.6. The van der Waals surface area contributed by atoms with Crippen molar-refractivity contribution < 1.29 is 18.5 Å². The largest absolute Gasteiger partial charge is 0.398 e. The number of hydrogen-bond donors (Lipinski definition) is 3. The number of carbonyl (C=O) groups is 1. The van der Waals surface area contributed by atoms with E-state index >= 15 is 0 Å². The van der Waals surface area contributed by atoms with Gasteiger partial charge in [0.05, 0.1) is 23.6 Å². The van der Waals surface area contributed by atoms with Crippen LogP contribution in [0.3, 0.4) is 0 Å². The Labute approximate surface area is 106 Å². The number of nitrogen functional groups attached to an aromatic ring is 1. The van der Waals surface area contributed by atoms with E-state index in [1.807, 2.05) is 5.32 Å². The fourth-order valence-electron chi connectivity index (χ4n) is 1.23. The summed E-state index contributed by atoms with van der Waals surface area (Å²) in [6, 6.07) is 3.19. The number of rotatable bonds is 5. The second-order valence-electron chi connectivity index (χ2n) is 3.77. The van der Waals surface area contributed by atoms with Crippen LogP contribution in [0, 0.1) is 10.1 Å². The summed E-state index contributed by atoms with van der Waals surface area (Å²) in [4.78, 5) is 21.4. The molecule has 0 aliphatic rings. The average molecular weight is 274 g/mol. The standard InChI is InChI=1S/C10H12F2N4O3/c11-10(12,4-13)5-15-9(17)7-3-6(16(18)19)1-2-8(7)14/h1-3H,4-5,13-14H2,(H,15,17). The van der Waals surface area contributed by atoms with Crippen LogP contribution in [-0.2, 0) is 0 Å². The maximum absolute atomic E-state index is 12.9. The molecule has 0 aliphatic carbocycles. The molecular weight excluding hydrogens is 262 g/mol. The Kier molecular flexibility index (Phi) is 4.33. The fraction of sp³-hybridized carbons (Fsp3) is 0.300. The molecule has 0 spiro atoms. The number of anilines is 1. The van der Waals surface area contributed by atoms with E-state index in [4.69, 9.17) is 11.5 Å². The first-order valence-corrected chi connectivity index (χ1v) is 5.17. The van der Waals surface area contributed by atoms with Gasteiger partial charge in [0.1, 0.15) is 0 Å². The van der Waals surface area contributed by atoms with Crippen LogP contribution in [0.5, 0.6) is 0 Å². The highest BCUT2D eigenvalue weighted by Gasteiger charge is 2.28. The van der Waals surface area contributed by atoms with Gasteiger partial charge in [-0.3, -0.25) is 14.9 Å². The lowest BCUT2D eigenvalue weighted by Gasteiger charge is -2.14. The Bertz CT molecular complexity index is 508. The zero-order valence-electron chi connectivity index (χ0n) is 9.73. The van der Waals surface area contributed by atoms with Crippen molar-refractivity contribution in [2.24, 2.45) is 5.73 Å². The molecule has 0 aliphatic heterocycles. The Morgan fingerprint density at radius 2 is 2.11 bits per heavy atom. The third-order valence-electron chi connectivity index (χ3n) is 2.30. The second-order valence-corrected chi connectivity index (χ2v) is 3.77. The van der Waals surface area contributed by atoms with Gasteiger partial charge in [0.15, 0.2) is 0 Å². The summed E-state index contributed by atoms with van der Waals surface area (Å²) in [6.07, 6.45) is 0. The van der Waals surface area contributed by atoms with E-state index < -0.39 is 29.8 Å². The molecule has 0 bridgehead atoms. The normalized spacial score (nSPS) is 11.1. The molecule has 0 fully saturated rings. The van der Waals surface area contributed by atoms with E-state index in [-0.39, 0.29) is 16.9 Å². The minimum atomic E-state index is -3.24. The second kappa shape index (κ2) is 5.57. The minimum absolute atomic E-state index is 0.0424. The summed E-state index contributed by atoms with van der Waals surface area (Å²) in [7, 11) is 0. The van der Waals surface area contributed by atoms with E-state index in [9.17, 15) is 23.7 Å². The quantitative estimate of drug-likeness (QED) is 0.409. The topological polar surface area (TPSA) is 124 Å². The van der Waals surface area contributed by atoms with Crippen molar-refractivity contribution in [1.29, 1.82) is 0 Å². The molecule has 104 valence electrons. The van der Waals surface area contributed by atoms with Crippen LogP contribution in [0.1, 0.15) is 10.4 Å². The monoisotopic (exact) mass is 274 g/mol. The molecule has 5 N–H and O–H groups in total. The first kappa shape index (κ1) is 14.8. The summed E-state index contributed by atoms with van der Waals surface area (Å²) in [5.74, 6) is -4.17. The van der Waals surface area contributed by atoms with E-state index in [1.54, 1.807) is 0 Å². The van der Waals surface area contributed by atoms with Crippen LogP contribution in [0.4, 0.5) is 20.2 Å². The molecule has 1 aromatic carbocycles. The summed E-state index contributed by atoms with van der Waals surface area (Å²) in [5, 5.41) is 12.5. The van der Waals surface area contributed by atoms with Crippen LogP contribution in [0.25, 0.3) is 0 Å². The van der Waals surface area contributed by atoms with Crippen molar-refractivity contribution in [3.05, 3.63) is 33.9 Å². The third kappa shape index (κ3) is 3.85. The van der Waals surface area contributed by atoms with E-state index in [2.05, 4.69) is 0 Å². The Hall–Kier alpha value is -2.29.